The fourth-order valence-electron chi connectivity index (χ4n) is 2.11. The lowest BCUT2D eigenvalue weighted by Crippen LogP contribution is -2.12. The molecule has 2 aromatic rings. The summed E-state index contributed by atoms with van der Waals surface area (Å²) < 4.78 is 26.1. The van der Waals surface area contributed by atoms with E-state index in [1.807, 2.05) is 36.4 Å². The van der Waals surface area contributed by atoms with Crippen molar-refractivity contribution in [3.05, 3.63) is 42.5 Å². The van der Waals surface area contributed by atoms with Gasteiger partial charge in [0.25, 0.3) is 0 Å². The quantitative estimate of drug-likeness (QED) is 0.627. The first kappa shape index (κ1) is 20.0. The zero-order valence-electron chi connectivity index (χ0n) is 15.0. The van der Waals surface area contributed by atoms with Crippen LogP contribution in [0, 0.1) is 0 Å². The normalized spacial score (nSPS) is 13.1. The smallest absolute Gasteiger partial charge is 0.192 e. The van der Waals surface area contributed by atoms with Crippen molar-refractivity contribution < 1.29 is 33.9 Å². The molecule has 0 radical (unpaired) electrons. The van der Waals surface area contributed by atoms with Crippen LogP contribution in [0.4, 0.5) is 0 Å². The van der Waals surface area contributed by atoms with Gasteiger partial charge in [-0.25, -0.2) is 0 Å². The highest BCUT2D eigenvalue weighted by atomic mass is 16.7. The minimum Gasteiger partial charge on any atom is -0.493 e. The van der Waals surface area contributed by atoms with Gasteiger partial charge >= 0.3 is 0 Å². The molecule has 2 rings (SSSR count). The molecule has 0 amide bonds. The molecule has 2 unspecified atom stereocenters. The van der Waals surface area contributed by atoms with Crippen molar-refractivity contribution in [3.63, 3.8) is 0 Å². The molecule has 0 saturated heterocycles. The van der Waals surface area contributed by atoms with E-state index in [4.69, 9.17) is 33.9 Å². The number of aliphatic hydroxyl groups excluding tert-OH is 2. The van der Waals surface area contributed by atoms with Crippen molar-refractivity contribution in [1.82, 2.24) is 0 Å². The van der Waals surface area contributed by atoms with E-state index >= 15 is 0 Å². The van der Waals surface area contributed by atoms with Crippen LogP contribution in [-0.2, 0) is 9.47 Å². The second-order valence-electron chi connectivity index (χ2n) is 5.45. The minimum atomic E-state index is -0.896. The zero-order chi connectivity index (χ0) is 18.9. The maximum absolute atomic E-state index is 9.09. The molecule has 0 bridgehead atoms. The number of aliphatic hydroxyl groups is 2. The summed E-state index contributed by atoms with van der Waals surface area (Å²) in [6.45, 7) is 2.93. The van der Waals surface area contributed by atoms with Gasteiger partial charge in [-0.2, -0.15) is 0 Å². The zero-order valence-corrected chi connectivity index (χ0v) is 15.0. The second-order valence-corrected chi connectivity index (χ2v) is 5.45. The van der Waals surface area contributed by atoms with Gasteiger partial charge in [0, 0.05) is 0 Å². The molecule has 0 aliphatic heterocycles. The van der Waals surface area contributed by atoms with Gasteiger partial charge in [-0.1, -0.05) is 18.2 Å². The predicted molar refractivity (Wildman–Crippen MR) is 95.0 cm³/mol. The summed E-state index contributed by atoms with van der Waals surface area (Å²) in [7, 11) is 1.56. The molecule has 0 aliphatic carbocycles. The van der Waals surface area contributed by atoms with Crippen molar-refractivity contribution in [2.75, 3.05) is 20.7 Å². The van der Waals surface area contributed by atoms with Crippen molar-refractivity contribution in [2.45, 2.75) is 26.4 Å². The average Bonchev–Trinajstić information content (AvgIpc) is 2.62. The van der Waals surface area contributed by atoms with E-state index in [-0.39, 0.29) is 13.6 Å². The largest absolute Gasteiger partial charge is 0.493 e. The number of ether oxygens (including phenoxy) is 5. The fourth-order valence-corrected chi connectivity index (χ4v) is 2.11. The van der Waals surface area contributed by atoms with Crippen molar-refractivity contribution >= 4 is 0 Å². The van der Waals surface area contributed by atoms with Gasteiger partial charge in [-0.15, -0.1) is 0 Å². The molecule has 0 heterocycles. The fraction of sp³-hybridized carbons (Fsp3) is 0.368. The topological polar surface area (TPSA) is 86.6 Å². The average molecular weight is 364 g/mol. The summed E-state index contributed by atoms with van der Waals surface area (Å²) in [4.78, 5) is 0. The molecule has 0 fully saturated rings. The van der Waals surface area contributed by atoms with Crippen LogP contribution in [0.25, 0.3) is 11.1 Å². The first-order chi connectivity index (χ1) is 12.5. The lowest BCUT2D eigenvalue weighted by Gasteiger charge is -2.13. The Morgan fingerprint density at radius 1 is 0.769 bits per heavy atom. The Kier molecular flexibility index (Phi) is 7.68. The van der Waals surface area contributed by atoms with Gasteiger partial charge in [-0.3, -0.25) is 0 Å². The Bertz CT molecular complexity index is 668. The molecule has 142 valence electrons. The summed E-state index contributed by atoms with van der Waals surface area (Å²) >= 11 is 0. The molecule has 7 heteroatoms. The van der Waals surface area contributed by atoms with Crippen LogP contribution in [0.2, 0.25) is 0 Å². The first-order valence-electron chi connectivity index (χ1n) is 8.13. The Balaban J connectivity index is 2.03. The minimum absolute atomic E-state index is 0.0224. The van der Waals surface area contributed by atoms with Crippen molar-refractivity contribution in [1.29, 1.82) is 0 Å². The Morgan fingerprint density at radius 3 is 1.92 bits per heavy atom. The predicted octanol–water partition coefficient (Wildman–Crippen LogP) is 2.74. The summed E-state index contributed by atoms with van der Waals surface area (Å²) in [5.41, 5.74) is 1.91. The van der Waals surface area contributed by atoms with Crippen LogP contribution in [0.1, 0.15) is 13.8 Å². The maximum Gasteiger partial charge on any atom is 0.192 e. The first-order valence-corrected chi connectivity index (χ1v) is 8.13. The number of rotatable bonds is 10. The van der Waals surface area contributed by atoms with E-state index in [0.717, 1.165) is 11.1 Å². The highest BCUT2D eigenvalue weighted by molar-refractivity contribution is 5.67. The van der Waals surface area contributed by atoms with Crippen molar-refractivity contribution in [2.24, 2.45) is 0 Å². The molecular formula is C19H24O7. The van der Waals surface area contributed by atoms with E-state index in [1.54, 1.807) is 13.2 Å². The summed E-state index contributed by atoms with van der Waals surface area (Å²) in [5, 5.41) is 18.1. The number of methoxy groups -OCH3 is 1. The number of hydrogen-bond donors (Lipinski definition) is 2. The molecule has 2 aromatic carbocycles. The van der Waals surface area contributed by atoms with E-state index in [0.29, 0.717) is 17.2 Å². The molecule has 0 aromatic heterocycles. The van der Waals surface area contributed by atoms with Gasteiger partial charge in [-0.05, 0) is 49.2 Å². The molecule has 2 N–H and O–H groups in total. The molecule has 2 atom stereocenters. The molecule has 0 saturated carbocycles. The van der Waals surface area contributed by atoms with Crippen LogP contribution in [-0.4, -0.2) is 43.5 Å². The Labute approximate surface area is 152 Å². The summed E-state index contributed by atoms with van der Waals surface area (Å²) in [6, 6.07) is 13.0. The lowest BCUT2D eigenvalue weighted by atomic mass is 10.1. The number of hydrogen-bond acceptors (Lipinski definition) is 7. The lowest BCUT2D eigenvalue weighted by molar-refractivity contribution is -0.131. The summed E-state index contributed by atoms with van der Waals surface area (Å²) in [6.07, 6.45) is -1.76. The van der Waals surface area contributed by atoms with Gasteiger partial charge in [0.1, 0.15) is 5.75 Å². The Morgan fingerprint density at radius 2 is 1.35 bits per heavy atom. The number of benzene rings is 2. The molecule has 0 aliphatic rings. The van der Waals surface area contributed by atoms with Crippen LogP contribution >= 0.6 is 0 Å². The third kappa shape index (κ3) is 6.20. The highest BCUT2D eigenvalue weighted by Crippen LogP contribution is 2.33. The van der Waals surface area contributed by atoms with Crippen LogP contribution in [0.3, 0.4) is 0 Å². The standard InChI is InChI=1S/C19H24O7/c1-13(20)23-11-25-17-7-4-15(5-8-17)16-6-9-18(19(10-16)22-3)26-12-24-14(2)21/h4-10,13-14,20-21H,11-12H2,1-3H3. The molecule has 26 heavy (non-hydrogen) atoms. The third-order valence-corrected chi connectivity index (χ3v) is 3.41. The molecule has 0 spiro atoms. The SMILES string of the molecule is COc1cc(-c2ccc(OCOC(C)O)cc2)ccc1OCOC(C)O. The second kappa shape index (κ2) is 9.98. The van der Waals surface area contributed by atoms with Crippen LogP contribution < -0.4 is 14.2 Å². The van der Waals surface area contributed by atoms with Crippen LogP contribution in [0.5, 0.6) is 17.2 Å². The van der Waals surface area contributed by atoms with Gasteiger partial charge in [0.15, 0.2) is 37.7 Å². The molecular weight excluding hydrogens is 340 g/mol. The maximum atomic E-state index is 9.09. The summed E-state index contributed by atoms with van der Waals surface area (Å²) in [5.74, 6) is 1.71. The van der Waals surface area contributed by atoms with E-state index in [9.17, 15) is 0 Å². The van der Waals surface area contributed by atoms with Crippen LogP contribution in [0.15, 0.2) is 42.5 Å². The van der Waals surface area contributed by atoms with Crippen molar-refractivity contribution in [3.8, 4) is 28.4 Å². The highest BCUT2D eigenvalue weighted by Gasteiger charge is 2.08. The third-order valence-electron chi connectivity index (χ3n) is 3.41. The molecule has 7 nitrogen and oxygen atoms in total. The van der Waals surface area contributed by atoms with E-state index in [2.05, 4.69) is 0 Å². The monoisotopic (exact) mass is 364 g/mol. The van der Waals surface area contributed by atoms with Gasteiger partial charge < -0.3 is 33.9 Å². The Hall–Kier alpha value is -2.32. The van der Waals surface area contributed by atoms with E-state index < -0.39 is 12.6 Å². The van der Waals surface area contributed by atoms with E-state index in [1.165, 1.54) is 13.8 Å². The van der Waals surface area contributed by atoms with Gasteiger partial charge in [0.2, 0.25) is 0 Å². The van der Waals surface area contributed by atoms with Gasteiger partial charge in [0.05, 0.1) is 7.11 Å².